The number of hydrogen-bond donors (Lipinski definition) is 3. The van der Waals surface area contributed by atoms with Gasteiger partial charge in [-0.25, -0.2) is 0 Å². The molecular weight excluding hydrogens is 368 g/mol. The van der Waals surface area contributed by atoms with Gasteiger partial charge in [-0.2, -0.15) is 8.42 Å². The predicted molar refractivity (Wildman–Crippen MR) is 105 cm³/mol. The van der Waals surface area contributed by atoms with E-state index in [9.17, 15) is 4.79 Å². The van der Waals surface area contributed by atoms with Gasteiger partial charge in [0.2, 0.25) is 5.91 Å². The maximum atomic E-state index is 12.6. The zero-order chi connectivity index (χ0) is 20.7. The van der Waals surface area contributed by atoms with Gasteiger partial charge < -0.3 is 10.6 Å². The second-order valence-electron chi connectivity index (χ2n) is 6.47. The number of rotatable bonds is 6. The minimum Gasteiger partial charge on any atom is -0.369 e. The van der Waals surface area contributed by atoms with Crippen molar-refractivity contribution in [3.05, 3.63) is 71.8 Å². The molecule has 1 unspecified atom stereocenters. The van der Waals surface area contributed by atoms with Crippen LogP contribution in [0.3, 0.4) is 0 Å². The summed E-state index contributed by atoms with van der Waals surface area (Å²) in [7, 11) is -0.626. The highest BCUT2D eigenvalue weighted by Crippen LogP contribution is 2.37. The van der Waals surface area contributed by atoms with Crippen molar-refractivity contribution in [3.8, 4) is 0 Å². The third-order valence-corrected chi connectivity index (χ3v) is 4.44. The van der Waals surface area contributed by atoms with Crippen molar-refractivity contribution in [2.24, 2.45) is 5.73 Å². The van der Waals surface area contributed by atoms with Gasteiger partial charge in [0, 0.05) is 6.04 Å². The average Bonchev–Trinajstić information content (AvgIpc) is 2.59. The van der Waals surface area contributed by atoms with Crippen LogP contribution >= 0.6 is 0 Å². The molecule has 0 spiro atoms. The molecule has 0 aliphatic heterocycles. The van der Waals surface area contributed by atoms with Crippen LogP contribution in [0.1, 0.15) is 24.5 Å². The summed E-state index contributed by atoms with van der Waals surface area (Å²) in [5.74, 6) is -0.307. The van der Waals surface area contributed by atoms with Crippen LogP contribution in [0.5, 0.6) is 0 Å². The molecule has 4 N–H and O–H groups in total. The zero-order valence-corrected chi connectivity index (χ0v) is 16.4. The molecule has 148 valence electrons. The molecule has 0 aromatic heterocycles. The number of benzene rings is 2. The summed E-state index contributed by atoms with van der Waals surface area (Å²) in [6, 6.07) is 19.9. The first-order chi connectivity index (χ1) is 12.5. The lowest BCUT2D eigenvalue weighted by molar-refractivity contribution is -0.122. The van der Waals surface area contributed by atoms with Gasteiger partial charge in [0.1, 0.15) is 5.41 Å². The SMILES string of the molecule is CC(CC(C(N)=O)(c1ccccc1)c1ccccc1)N(C)C.O=S(=O)(O)O. The molecule has 2 aromatic rings. The van der Waals surface area contributed by atoms with E-state index in [-0.39, 0.29) is 11.9 Å². The molecule has 0 bridgehead atoms. The number of amides is 1. The summed E-state index contributed by atoms with van der Waals surface area (Å²) in [5, 5.41) is 0. The number of carbonyl (C=O) groups is 1. The first-order valence-electron chi connectivity index (χ1n) is 8.25. The lowest BCUT2D eigenvalue weighted by Gasteiger charge is -2.36. The van der Waals surface area contributed by atoms with E-state index in [0.717, 1.165) is 11.1 Å². The van der Waals surface area contributed by atoms with Crippen molar-refractivity contribution in [2.75, 3.05) is 14.1 Å². The Labute approximate surface area is 160 Å². The molecule has 0 aliphatic rings. The Morgan fingerprint density at radius 2 is 1.33 bits per heavy atom. The van der Waals surface area contributed by atoms with Crippen LogP contribution in [-0.2, 0) is 20.6 Å². The van der Waals surface area contributed by atoms with E-state index in [1.807, 2.05) is 74.8 Å². The maximum absolute atomic E-state index is 12.6. The van der Waals surface area contributed by atoms with Crippen LogP contribution in [0, 0.1) is 0 Å². The number of hydrogen-bond acceptors (Lipinski definition) is 4. The fraction of sp³-hybridized carbons (Fsp3) is 0.316. The average molecular weight is 394 g/mol. The third kappa shape index (κ3) is 6.76. The van der Waals surface area contributed by atoms with Gasteiger partial charge in [-0.1, -0.05) is 60.7 Å². The summed E-state index contributed by atoms with van der Waals surface area (Å²) in [6.45, 7) is 2.11. The molecule has 0 saturated heterocycles. The van der Waals surface area contributed by atoms with E-state index in [2.05, 4.69) is 11.8 Å². The first-order valence-corrected chi connectivity index (χ1v) is 9.65. The fourth-order valence-corrected chi connectivity index (χ4v) is 2.86. The number of nitrogens with zero attached hydrogens (tertiary/aromatic N) is 1. The van der Waals surface area contributed by atoms with Gasteiger partial charge in [0.25, 0.3) is 0 Å². The smallest absolute Gasteiger partial charge is 0.369 e. The molecule has 8 heteroatoms. The highest BCUT2D eigenvalue weighted by molar-refractivity contribution is 7.79. The molecule has 0 radical (unpaired) electrons. The summed E-state index contributed by atoms with van der Waals surface area (Å²) >= 11 is 0. The summed E-state index contributed by atoms with van der Waals surface area (Å²) in [6.07, 6.45) is 0.642. The van der Waals surface area contributed by atoms with E-state index in [1.165, 1.54) is 0 Å². The third-order valence-electron chi connectivity index (χ3n) is 4.44. The standard InChI is InChI=1S/C19H24N2O.H2O4S/c1-15(21(2)3)14-19(18(20)22,16-10-6-4-7-11-16)17-12-8-5-9-13-17;1-5(2,3)4/h4-13,15H,14H2,1-3H3,(H2,20,22);(H2,1,2,3,4). The lowest BCUT2D eigenvalue weighted by atomic mass is 9.69. The van der Waals surface area contributed by atoms with Gasteiger partial charge in [-0.15, -0.1) is 0 Å². The normalized spacial score (nSPS) is 12.8. The minimum atomic E-state index is -4.67. The second kappa shape index (κ2) is 9.61. The molecule has 0 saturated carbocycles. The lowest BCUT2D eigenvalue weighted by Crippen LogP contribution is -2.46. The quantitative estimate of drug-likeness (QED) is 0.646. The van der Waals surface area contributed by atoms with Gasteiger partial charge in [0.15, 0.2) is 0 Å². The Bertz CT molecular complexity index is 776. The zero-order valence-electron chi connectivity index (χ0n) is 15.6. The van der Waals surface area contributed by atoms with E-state index >= 15 is 0 Å². The maximum Gasteiger partial charge on any atom is 0.394 e. The molecule has 2 aromatic carbocycles. The Morgan fingerprint density at radius 1 is 1.00 bits per heavy atom. The molecule has 7 nitrogen and oxygen atoms in total. The second-order valence-corrected chi connectivity index (χ2v) is 7.36. The fourth-order valence-electron chi connectivity index (χ4n) is 2.86. The Balaban J connectivity index is 0.000000646. The highest BCUT2D eigenvalue weighted by atomic mass is 32.3. The van der Waals surface area contributed by atoms with E-state index in [1.54, 1.807) is 0 Å². The Hall–Kier alpha value is -2.26. The molecule has 1 atom stereocenters. The first kappa shape index (κ1) is 22.8. The predicted octanol–water partition coefficient (Wildman–Crippen LogP) is 2.15. The summed E-state index contributed by atoms with van der Waals surface area (Å²) < 4.78 is 31.6. The van der Waals surface area contributed by atoms with E-state index in [4.69, 9.17) is 23.3 Å². The van der Waals surface area contributed by atoms with E-state index in [0.29, 0.717) is 6.42 Å². The molecule has 0 fully saturated rings. The molecule has 1 amide bonds. The highest BCUT2D eigenvalue weighted by Gasteiger charge is 2.41. The number of primary amides is 1. The summed E-state index contributed by atoms with van der Waals surface area (Å²) in [5.41, 5.74) is 7.01. The van der Waals surface area contributed by atoms with Gasteiger partial charge in [-0.3, -0.25) is 13.9 Å². The van der Waals surface area contributed by atoms with Gasteiger partial charge in [-0.05, 0) is 38.6 Å². The van der Waals surface area contributed by atoms with Crippen molar-refractivity contribution in [1.29, 1.82) is 0 Å². The summed E-state index contributed by atoms with van der Waals surface area (Å²) in [4.78, 5) is 14.7. The monoisotopic (exact) mass is 394 g/mol. The molecule has 2 rings (SSSR count). The van der Waals surface area contributed by atoms with Crippen LogP contribution in [-0.4, -0.2) is 48.5 Å². The largest absolute Gasteiger partial charge is 0.394 e. The van der Waals surface area contributed by atoms with Crippen molar-refractivity contribution in [2.45, 2.75) is 24.8 Å². The van der Waals surface area contributed by atoms with Crippen LogP contribution < -0.4 is 5.73 Å². The number of carbonyl (C=O) groups excluding carboxylic acids is 1. The molecule has 0 heterocycles. The van der Waals surface area contributed by atoms with Gasteiger partial charge >= 0.3 is 10.4 Å². The molecule has 0 aliphatic carbocycles. The van der Waals surface area contributed by atoms with Crippen LogP contribution in [0.25, 0.3) is 0 Å². The molecular formula is C19H26N2O5S. The van der Waals surface area contributed by atoms with Crippen molar-refractivity contribution < 1.29 is 22.3 Å². The van der Waals surface area contributed by atoms with Crippen molar-refractivity contribution in [3.63, 3.8) is 0 Å². The van der Waals surface area contributed by atoms with Gasteiger partial charge in [0.05, 0.1) is 0 Å². The Kier molecular flexibility index (Phi) is 8.11. The van der Waals surface area contributed by atoms with Crippen LogP contribution in [0.15, 0.2) is 60.7 Å². The van der Waals surface area contributed by atoms with Crippen molar-refractivity contribution in [1.82, 2.24) is 4.90 Å². The number of nitrogens with two attached hydrogens (primary N) is 1. The van der Waals surface area contributed by atoms with E-state index < -0.39 is 15.8 Å². The minimum absolute atomic E-state index is 0.216. The van der Waals surface area contributed by atoms with Crippen molar-refractivity contribution >= 4 is 16.3 Å². The van der Waals surface area contributed by atoms with Crippen LogP contribution in [0.2, 0.25) is 0 Å². The molecule has 27 heavy (non-hydrogen) atoms. The van der Waals surface area contributed by atoms with Crippen LogP contribution in [0.4, 0.5) is 0 Å². The Morgan fingerprint density at radius 3 is 1.59 bits per heavy atom. The topological polar surface area (TPSA) is 121 Å².